The Morgan fingerprint density at radius 2 is 2.20 bits per heavy atom. The number of nitrogens with zero attached hydrogens (tertiary/aromatic N) is 2. The number of rotatable bonds is 1. The summed E-state index contributed by atoms with van der Waals surface area (Å²) in [5.41, 5.74) is -0.930. The molecule has 2 heterocycles. The number of likely N-dealkylation sites (tertiary alicyclic amines) is 1. The zero-order valence-corrected chi connectivity index (χ0v) is 8.90. The summed E-state index contributed by atoms with van der Waals surface area (Å²) in [6.45, 7) is 0.733. The lowest BCUT2D eigenvalue weighted by Gasteiger charge is -2.35. The molecule has 1 amide bonds. The fourth-order valence-electron chi connectivity index (χ4n) is 1.74. The standard InChI is InChI=1S/C9H12N2O3S/c12-8(13)11-4-1-9(14,2-5-11)7-10-3-6-15-7/h3,6,14H,1-2,4-5H2,(H,12,13). The van der Waals surface area contributed by atoms with E-state index in [0.29, 0.717) is 30.9 Å². The molecule has 0 aromatic carbocycles. The van der Waals surface area contributed by atoms with Crippen molar-refractivity contribution in [3.8, 4) is 0 Å². The molecule has 0 aliphatic carbocycles. The van der Waals surface area contributed by atoms with Crippen molar-refractivity contribution in [2.45, 2.75) is 18.4 Å². The lowest BCUT2D eigenvalue weighted by molar-refractivity contribution is -0.0214. The number of piperidine rings is 1. The molecule has 82 valence electrons. The summed E-state index contributed by atoms with van der Waals surface area (Å²) in [7, 11) is 0. The summed E-state index contributed by atoms with van der Waals surface area (Å²) in [6, 6.07) is 0. The average Bonchev–Trinajstić information content (AvgIpc) is 2.71. The van der Waals surface area contributed by atoms with Crippen LogP contribution in [0.1, 0.15) is 17.8 Å². The van der Waals surface area contributed by atoms with Crippen molar-refractivity contribution in [1.82, 2.24) is 9.88 Å². The van der Waals surface area contributed by atoms with Crippen molar-refractivity contribution in [2.75, 3.05) is 13.1 Å². The quantitative estimate of drug-likeness (QED) is 0.755. The van der Waals surface area contributed by atoms with Gasteiger partial charge in [-0.05, 0) is 0 Å². The van der Waals surface area contributed by atoms with Gasteiger partial charge in [-0.2, -0.15) is 0 Å². The topological polar surface area (TPSA) is 73.7 Å². The Morgan fingerprint density at radius 1 is 1.53 bits per heavy atom. The molecule has 2 rings (SSSR count). The second-order valence-corrected chi connectivity index (χ2v) is 4.53. The molecule has 1 aliphatic heterocycles. The van der Waals surface area contributed by atoms with E-state index in [4.69, 9.17) is 5.11 Å². The molecule has 1 aromatic heterocycles. The van der Waals surface area contributed by atoms with Crippen LogP contribution in [-0.2, 0) is 5.60 Å². The van der Waals surface area contributed by atoms with E-state index in [1.54, 1.807) is 6.20 Å². The predicted octanol–water partition coefficient (Wildman–Crippen LogP) is 1.10. The number of hydrogen-bond acceptors (Lipinski definition) is 4. The summed E-state index contributed by atoms with van der Waals surface area (Å²) in [5, 5.41) is 21.5. The lowest BCUT2D eigenvalue weighted by atomic mass is 9.92. The van der Waals surface area contributed by atoms with Crippen LogP contribution in [0.2, 0.25) is 0 Å². The van der Waals surface area contributed by atoms with Gasteiger partial charge in [-0.1, -0.05) is 0 Å². The Labute approximate surface area is 91.0 Å². The fourth-order valence-corrected chi connectivity index (χ4v) is 2.53. The largest absolute Gasteiger partial charge is 0.465 e. The first-order chi connectivity index (χ1) is 7.12. The van der Waals surface area contributed by atoms with Gasteiger partial charge < -0.3 is 15.1 Å². The summed E-state index contributed by atoms with van der Waals surface area (Å²) >= 11 is 1.41. The molecule has 0 spiro atoms. The van der Waals surface area contributed by atoms with Crippen LogP contribution in [0.4, 0.5) is 4.79 Å². The van der Waals surface area contributed by atoms with Gasteiger partial charge in [0, 0.05) is 37.5 Å². The van der Waals surface area contributed by atoms with E-state index < -0.39 is 11.7 Å². The number of aromatic nitrogens is 1. The SMILES string of the molecule is O=C(O)N1CCC(O)(c2nccs2)CC1. The molecule has 1 saturated heterocycles. The third kappa shape index (κ3) is 1.95. The van der Waals surface area contributed by atoms with Crippen molar-refractivity contribution in [3.63, 3.8) is 0 Å². The summed E-state index contributed by atoms with van der Waals surface area (Å²) in [4.78, 5) is 16.1. The summed E-state index contributed by atoms with van der Waals surface area (Å²) < 4.78 is 0. The van der Waals surface area contributed by atoms with Gasteiger partial charge in [0.05, 0.1) is 0 Å². The zero-order chi connectivity index (χ0) is 10.9. The molecule has 6 heteroatoms. The van der Waals surface area contributed by atoms with Gasteiger partial charge in [-0.3, -0.25) is 0 Å². The minimum absolute atomic E-state index is 0.366. The van der Waals surface area contributed by atoms with Crippen LogP contribution < -0.4 is 0 Å². The zero-order valence-electron chi connectivity index (χ0n) is 8.09. The Kier molecular flexibility index (Phi) is 2.62. The molecule has 0 radical (unpaired) electrons. The van der Waals surface area contributed by atoms with Crippen LogP contribution in [0.3, 0.4) is 0 Å². The lowest BCUT2D eigenvalue weighted by Crippen LogP contribution is -2.44. The second-order valence-electron chi connectivity index (χ2n) is 3.64. The van der Waals surface area contributed by atoms with Crippen LogP contribution in [0.25, 0.3) is 0 Å². The fraction of sp³-hybridized carbons (Fsp3) is 0.556. The molecule has 0 atom stereocenters. The number of hydrogen-bond donors (Lipinski definition) is 2. The molecule has 1 aliphatic rings. The molecular weight excluding hydrogens is 216 g/mol. The third-order valence-electron chi connectivity index (χ3n) is 2.69. The monoisotopic (exact) mass is 228 g/mol. The van der Waals surface area contributed by atoms with Crippen molar-refractivity contribution in [3.05, 3.63) is 16.6 Å². The number of carbonyl (C=O) groups is 1. The van der Waals surface area contributed by atoms with Gasteiger partial charge in [0.25, 0.3) is 0 Å². The van der Waals surface area contributed by atoms with Gasteiger partial charge in [-0.25, -0.2) is 9.78 Å². The highest BCUT2D eigenvalue weighted by molar-refractivity contribution is 7.09. The van der Waals surface area contributed by atoms with E-state index in [0.717, 1.165) is 0 Å². The maximum absolute atomic E-state index is 10.7. The van der Waals surface area contributed by atoms with E-state index in [9.17, 15) is 9.90 Å². The van der Waals surface area contributed by atoms with Gasteiger partial charge in [-0.15, -0.1) is 11.3 Å². The average molecular weight is 228 g/mol. The van der Waals surface area contributed by atoms with E-state index in [1.165, 1.54) is 16.2 Å². The maximum Gasteiger partial charge on any atom is 0.407 e. The van der Waals surface area contributed by atoms with E-state index in [1.807, 2.05) is 5.38 Å². The van der Waals surface area contributed by atoms with Gasteiger partial charge in [0.15, 0.2) is 0 Å². The Morgan fingerprint density at radius 3 is 2.67 bits per heavy atom. The molecule has 0 unspecified atom stereocenters. The van der Waals surface area contributed by atoms with Crippen LogP contribution >= 0.6 is 11.3 Å². The molecule has 1 fully saturated rings. The normalized spacial score (nSPS) is 20.2. The van der Waals surface area contributed by atoms with Crippen LogP contribution in [0.15, 0.2) is 11.6 Å². The predicted molar refractivity (Wildman–Crippen MR) is 54.8 cm³/mol. The number of aliphatic hydroxyl groups is 1. The van der Waals surface area contributed by atoms with E-state index in [2.05, 4.69) is 4.98 Å². The highest BCUT2D eigenvalue weighted by Gasteiger charge is 2.37. The Hall–Kier alpha value is -1.14. The second kappa shape index (κ2) is 3.79. The number of carboxylic acid groups (broad SMARTS) is 1. The van der Waals surface area contributed by atoms with E-state index >= 15 is 0 Å². The first-order valence-corrected chi connectivity index (χ1v) is 5.60. The summed E-state index contributed by atoms with van der Waals surface area (Å²) in [5.74, 6) is 0. The number of amides is 1. The summed E-state index contributed by atoms with van der Waals surface area (Å²) in [6.07, 6.45) is 1.58. The highest BCUT2D eigenvalue weighted by Crippen LogP contribution is 2.33. The molecule has 5 nitrogen and oxygen atoms in total. The van der Waals surface area contributed by atoms with Gasteiger partial charge >= 0.3 is 6.09 Å². The van der Waals surface area contributed by atoms with Gasteiger partial charge in [0.1, 0.15) is 10.6 Å². The minimum Gasteiger partial charge on any atom is -0.465 e. The maximum atomic E-state index is 10.7. The molecule has 0 bridgehead atoms. The van der Waals surface area contributed by atoms with Crippen LogP contribution in [-0.4, -0.2) is 39.3 Å². The Balaban J connectivity index is 2.06. The first-order valence-electron chi connectivity index (χ1n) is 4.72. The molecular formula is C9H12N2O3S. The van der Waals surface area contributed by atoms with Crippen molar-refractivity contribution in [1.29, 1.82) is 0 Å². The molecule has 15 heavy (non-hydrogen) atoms. The smallest absolute Gasteiger partial charge is 0.407 e. The first kappa shape index (κ1) is 10.4. The molecule has 0 saturated carbocycles. The van der Waals surface area contributed by atoms with Crippen molar-refractivity contribution >= 4 is 17.4 Å². The van der Waals surface area contributed by atoms with Crippen molar-refractivity contribution in [2.24, 2.45) is 0 Å². The van der Waals surface area contributed by atoms with Crippen LogP contribution in [0.5, 0.6) is 0 Å². The van der Waals surface area contributed by atoms with Gasteiger partial charge in [0.2, 0.25) is 0 Å². The number of thiazole rings is 1. The molecule has 2 N–H and O–H groups in total. The highest BCUT2D eigenvalue weighted by atomic mass is 32.1. The minimum atomic E-state index is -0.930. The van der Waals surface area contributed by atoms with Crippen LogP contribution in [0, 0.1) is 0 Å². The third-order valence-corrected chi connectivity index (χ3v) is 3.66. The van der Waals surface area contributed by atoms with Crippen molar-refractivity contribution < 1.29 is 15.0 Å². The van der Waals surface area contributed by atoms with E-state index in [-0.39, 0.29) is 0 Å². The molecule has 1 aromatic rings. The Bertz CT molecular complexity index is 344.